The van der Waals surface area contributed by atoms with Gasteiger partial charge in [0.2, 0.25) is 0 Å². The SMILES string of the molecule is CCOCCNc1c(S(C)(=O)=O)ccc(C(=O)O)c1C. The fourth-order valence-corrected chi connectivity index (χ4v) is 2.75. The maximum atomic E-state index is 11.8. The van der Waals surface area contributed by atoms with Crippen molar-refractivity contribution in [2.75, 3.05) is 31.3 Å². The number of hydrogen-bond acceptors (Lipinski definition) is 5. The van der Waals surface area contributed by atoms with Gasteiger partial charge in [-0.05, 0) is 31.5 Å². The van der Waals surface area contributed by atoms with E-state index in [0.29, 0.717) is 31.0 Å². The fraction of sp³-hybridized carbons (Fsp3) is 0.462. The predicted molar refractivity (Wildman–Crippen MR) is 76.2 cm³/mol. The van der Waals surface area contributed by atoms with Crippen LogP contribution in [-0.2, 0) is 14.6 Å². The first-order valence-corrected chi connectivity index (χ1v) is 8.06. The van der Waals surface area contributed by atoms with Crippen LogP contribution in [0.4, 0.5) is 5.69 Å². The van der Waals surface area contributed by atoms with Crippen LogP contribution in [0.5, 0.6) is 0 Å². The molecule has 0 amide bonds. The Labute approximate surface area is 118 Å². The third-order valence-electron chi connectivity index (χ3n) is 2.81. The Bertz CT molecular complexity index is 595. The lowest BCUT2D eigenvalue weighted by Gasteiger charge is -2.15. The summed E-state index contributed by atoms with van der Waals surface area (Å²) in [6.07, 6.45) is 1.09. The van der Waals surface area contributed by atoms with E-state index in [0.717, 1.165) is 6.26 Å². The highest BCUT2D eigenvalue weighted by Gasteiger charge is 2.19. The van der Waals surface area contributed by atoms with Crippen molar-refractivity contribution in [2.45, 2.75) is 18.7 Å². The van der Waals surface area contributed by atoms with Crippen LogP contribution in [0.15, 0.2) is 17.0 Å². The minimum absolute atomic E-state index is 0.0799. The first-order chi connectivity index (χ1) is 9.29. The number of anilines is 1. The molecule has 6 nitrogen and oxygen atoms in total. The third kappa shape index (κ3) is 3.94. The number of hydrogen-bond donors (Lipinski definition) is 2. The maximum Gasteiger partial charge on any atom is 0.336 e. The number of benzene rings is 1. The number of carbonyl (C=O) groups is 1. The van der Waals surface area contributed by atoms with Gasteiger partial charge in [-0.3, -0.25) is 0 Å². The molecule has 112 valence electrons. The van der Waals surface area contributed by atoms with Gasteiger partial charge in [0.1, 0.15) is 0 Å². The highest BCUT2D eigenvalue weighted by Crippen LogP contribution is 2.28. The van der Waals surface area contributed by atoms with Crippen LogP contribution in [0, 0.1) is 6.92 Å². The van der Waals surface area contributed by atoms with Crippen LogP contribution in [0.2, 0.25) is 0 Å². The summed E-state index contributed by atoms with van der Waals surface area (Å²) in [4.78, 5) is 11.2. The molecule has 0 radical (unpaired) electrons. The van der Waals surface area contributed by atoms with Crippen LogP contribution >= 0.6 is 0 Å². The Morgan fingerprint density at radius 3 is 2.55 bits per heavy atom. The molecule has 20 heavy (non-hydrogen) atoms. The van der Waals surface area contributed by atoms with Crippen LogP contribution in [-0.4, -0.2) is 45.5 Å². The molecule has 0 saturated heterocycles. The molecule has 0 heterocycles. The Morgan fingerprint density at radius 1 is 1.40 bits per heavy atom. The van der Waals surface area contributed by atoms with Crippen LogP contribution in [0.1, 0.15) is 22.8 Å². The van der Waals surface area contributed by atoms with Crippen molar-refractivity contribution in [1.29, 1.82) is 0 Å². The Hall–Kier alpha value is -1.60. The molecule has 1 aromatic carbocycles. The van der Waals surface area contributed by atoms with Crippen LogP contribution < -0.4 is 5.32 Å². The molecule has 0 spiro atoms. The summed E-state index contributed by atoms with van der Waals surface area (Å²) in [5, 5.41) is 12.0. The lowest BCUT2D eigenvalue weighted by Crippen LogP contribution is -2.15. The molecule has 2 N–H and O–H groups in total. The van der Waals surface area contributed by atoms with Crippen LogP contribution in [0.3, 0.4) is 0 Å². The molecular formula is C13H19NO5S. The summed E-state index contributed by atoms with van der Waals surface area (Å²) >= 11 is 0. The zero-order chi connectivity index (χ0) is 15.3. The number of rotatable bonds is 7. The number of ether oxygens (including phenoxy) is 1. The zero-order valence-corrected chi connectivity index (χ0v) is 12.6. The van der Waals surface area contributed by atoms with Gasteiger partial charge in [-0.25, -0.2) is 13.2 Å². The second-order valence-electron chi connectivity index (χ2n) is 4.31. The Morgan fingerprint density at radius 2 is 2.05 bits per heavy atom. The molecule has 0 aliphatic heterocycles. The van der Waals surface area contributed by atoms with Crippen molar-refractivity contribution in [3.8, 4) is 0 Å². The van der Waals surface area contributed by atoms with Gasteiger partial charge < -0.3 is 15.2 Å². The average molecular weight is 301 g/mol. The van der Waals surface area contributed by atoms with Gasteiger partial charge in [-0.2, -0.15) is 0 Å². The second kappa shape index (κ2) is 6.71. The Kier molecular flexibility index (Phi) is 5.52. The van der Waals surface area contributed by atoms with Crippen LogP contribution in [0.25, 0.3) is 0 Å². The van der Waals surface area contributed by atoms with Gasteiger partial charge in [0.05, 0.1) is 22.8 Å². The van der Waals surface area contributed by atoms with E-state index in [1.165, 1.54) is 12.1 Å². The van der Waals surface area contributed by atoms with Gasteiger partial charge in [-0.15, -0.1) is 0 Å². The van der Waals surface area contributed by atoms with Crippen molar-refractivity contribution < 1.29 is 23.1 Å². The van der Waals surface area contributed by atoms with Gasteiger partial charge in [0.25, 0.3) is 0 Å². The summed E-state index contributed by atoms with van der Waals surface area (Å²) in [5.74, 6) is -1.09. The quantitative estimate of drug-likeness (QED) is 0.742. The first kappa shape index (κ1) is 16.5. The number of sulfone groups is 1. The molecule has 0 unspecified atom stereocenters. The summed E-state index contributed by atoms with van der Waals surface area (Å²) in [6, 6.07) is 2.62. The van der Waals surface area contributed by atoms with E-state index in [1.54, 1.807) is 6.92 Å². The molecule has 0 aliphatic rings. The smallest absolute Gasteiger partial charge is 0.336 e. The summed E-state index contributed by atoms with van der Waals surface area (Å²) in [7, 11) is -3.44. The highest BCUT2D eigenvalue weighted by atomic mass is 32.2. The van der Waals surface area contributed by atoms with Gasteiger partial charge in [0, 0.05) is 19.4 Å². The fourth-order valence-electron chi connectivity index (χ4n) is 1.84. The van der Waals surface area contributed by atoms with E-state index in [1.807, 2.05) is 6.92 Å². The highest BCUT2D eigenvalue weighted by molar-refractivity contribution is 7.90. The van der Waals surface area contributed by atoms with Crippen molar-refractivity contribution >= 4 is 21.5 Å². The van der Waals surface area contributed by atoms with Gasteiger partial charge in [0.15, 0.2) is 9.84 Å². The standard InChI is InChI=1S/C13H19NO5S/c1-4-19-8-7-14-12-9(2)10(13(15)16)5-6-11(12)20(3,17)18/h5-6,14H,4,7-8H2,1-3H3,(H,15,16). The first-order valence-electron chi connectivity index (χ1n) is 6.17. The minimum atomic E-state index is -3.44. The monoisotopic (exact) mass is 301 g/mol. The van der Waals surface area contributed by atoms with Crippen molar-refractivity contribution in [3.05, 3.63) is 23.3 Å². The topological polar surface area (TPSA) is 92.7 Å². The number of carboxylic acids is 1. The van der Waals surface area contributed by atoms with Crippen molar-refractivity contribution in [3.63, 3.8) is 0 Å². The summed E-state index contributed by atoms with van der Waals surface area (Å²) < 4.78 is 28.7. The van der Waals surface area contributed by atoms with E-state index >= 15 is 0 Å². The summed E-state index contributed by atoms with van der Waals surface area (Å²) in [5.41, 5.74) is 0.806. The van der Waals surface area contributed by atoms with E-state index in [-0.39, 0.29) is 10.5 Å². The Balaban J connectivity index is 3.20. The third-order valence-corrected chi connectivity index (χ3v) is 3.95. The van der Waals surface area contributed by atoms with E-state index in [2.05, 4.69) is 5.32 Å². The second-order valence-corrected chi connectivity index (χ2v) is 6.30. The largest absolute Gasteiger partial charge is 0.478 e. The van der Waals surface area contributed by atoms with E-state index in [9.17, 15) is 13.2 Å². The average Bonchev–Trinajstić information content (AvgIpc) is 2.34. The van der Waals surface area contributed by atoms with Crippen molar-refractivity contribution in [2.24, 2.45) is 0 Å². The lowest BCUT2D eigenvalue weighted by atomic mass is 10.1. The van der Waals surface area contributed by atoms with E-state index < -0.39 is 15.8 Å². The van der Waals surface area contributed by atoms with Gasteiger partial charge >= 0.3 is 5.97 Å². The molecular weight excluding hydrogens is 282 g/mol. The van der Waals surface area contributed by atoms with E-state index in [4.69, 9.17) is 9.84 Å². The molecule has 0 aromatic heterocycles. The van der Waals surface area contributed by atoms with Crippen molar-refractivity contribution in [1.82, 2.24) is 0 Å². The normalized spacial score (nSPS) is 11.3. The number of aromatic carboxylic acids is 1. The molecule has 7 heteroatoms. The summed E-state index contributed by atoms with van der Waals surface area (Å²) in [6.45, 7) is 4.82. The molecule has 0 atom stereocenters. The lowest BCUT2D eigenvalue weighted by molar-refractivity contribution is 0.0696. The molecule has 0 aliphatic carbocycles. The molecule has 1 aromatic rings. The number of nitrogens with one attached hydrogen (secondary N) is 1. The van der Waals surface area contributed by atoms with Gasteiger partial charge in [-0.1, -0.05) is 0 Å². The maximum absolute atomic E-state index is 11.8. The zero-order valence-electron chi connectivity index (χ0n) is 11.8. The number of carboxylic acid groups (broad SMARTS) is 1. The predicted octanol–water partition coefficient (Wildman–Crippen LogP) is 1.55. The molecule has 0 saturated carbocycles. The molecule has 0 fully saturated rings. The molecule has 1 rings (SSSR count). The molecule has 0 bridgehead atoms. The minimum Gasteiger partial charge on any atom is -0.478 e.